The fraction of sp³-hybridized carbons (Fsp3) is 0.273. The van der Waals surface area contributed by atoms with Gasteiger partial charge in [-0.3, -0.25) is 9.59 Å². The summed E-state index contributed by atoms with van der Waals surface area (Å²) in [4.78, 5) is 27.7. The molecule has 1 amide bonds. The molecule has 4 rings (SSSR count). The van der Waals surface area contributed by atoms with Crippen molar-refractivity contribution in [3.63, 3.8) is 0 Å². The van der Waals surface area contributed by atoms with Crippen LogP contribution in [0.5, 0.6) is 11.5 Å². The lowest BCUT2D eigenvalue weighted by Gasteiger charge is -2.19. The fourth-order valence-electron chi connectivity index (χ4n) is 3.25. The maximum atomic E-state index is 12.4. The molecule has 29 heavy (non-hydrogen) atoms. The van der Waals surface area contributed by atoms with Crippen LogP contribution in [-0.4, -0.2) is 36.2 Å². The lowest BCUT2D eigenvalue weighted by atomic mass is 10.1. The van der Waals surface area contributed by atoms with Gasteiger partial charge in [-0.2, -0.15) is 0 Å². The number of anilines is 1. The number of esters is 1. The van der Waals surface area contributed by atoms with Crippen molar-refractivity contribution in [1.82, 2.24) is 4.98 Å². The number of hydrogen-bond acceptors (Lipinski definition) is 5. The molecule has 2 N–H and O–H groups in total. The molecule has 0 radical (unpaired) electrons. The molecule has 0 aliphatic carbocycles. The van der Waals surface area contributed by atoms with Crippen molar-refractivity contribution in [2.75, 3.05) is 18.5 Å². The van der Waals surface area contributed by atoms with Crippen molar-refractivity contribution in [2.24, 2.45) is 0 Å². The van der Waals surface area contributed by atoms with E-state index in [1.54, 1.807) is 25.1 Å². The molecule has 1 atom stereocenters. The summed E-state index contributed by atoms with van der Waals surface area (Å²) < 4.78 is 16.3. The number of para-hydroxylation sites is 1. The van der Waals surface area contributed by atoms with Gasteiger partial charge in [-0.15, -0.1) is 0 Å². The third kappa shape index (κ3) is 4.34. The summed E-state index contributed by atoms with van der Waals surface area (Å²) in [5, 5.41) is 3.82. The largest absolute Gasteiger partial charge is 0.486 e. The minimum atomic E-state index is -0.904. The molecule has 0 saturated heterocycles. The summed E-state index contributed by atoms with van der Waals surface area (Å²) in [6, 6.07) is 13.1. The van der Waals surface area contributed by atoms with Gasteiger partial charge in [0.15, 0.2) is 17.6 Å². The average Bonchev–Trinajstić information content (AvgIpc) is 3.15. The first kappa shape index (κ1) is 18.9. The number of amides is 1. The third-order valence-electron chi connectivity index (χ3n) is 4.76. The minimum Gasteiger partial charge on any atom is -0.486 e. The summed E-state index contributed by atoms with van der Waals surface area (Å²) in [6.45, 7) is 2.52. The first-order valence-electron chi connectivity index (χ1n) is 9.55. The second-order valence-corrected chi connectivity index (χ2v) is 6.84. The molecule has 0 saturated carbocycles. The quantitative estimate of drug-likeness (QED) is 0.625. The molecule has 150 valence electrons. The highest BCUT2D eigenvalue weighted by Gasteiger charge is 2.19. The zero-order valence-electron chi connectivity index (χ0n) is 16.1. The number of aromatic amines is 1. The third-order valence-corrected chi connectivity index (χ3v) is 4.76. The molecule has 0 bridgehead atoms. The number of benzene rings is 2. The first-order chi connectivity index (χ1) is 14.1. The van der Waals surface area contributed by atoms with Crippen LogP contribution >= 0.6 is 0 Å². The number of fused-ring (bicyclic) bond motifs is 2. The molecule has 7 nitrogen and oxygen atoms in total. The summed E-state index contributed by atoms with van der Waals surface area (Å²) in [6.07, 6.45) is 1.73. The Morgan fingerprint density at radius 2 is 1.93 bits per heavy atom. The van der Waals surface area contributed by atoms with Crippen LogP contribution in [0.4, 0.5) is 5.69 Å². The van der Waals surface area contributed by atoms with Crippen molar-refractivity contribution < 1.29 is 23.8 Å². The van der Waals surface area contributed by atoms with Crippen LogP contribution in [0, 0.1) is 0 Å². The van der Waals surface area contributed by atoms with Crippen LogP contribution in [0.1, 0.15) is 18.9 Å². The van der Waals surface area contributed by atoms with E-state index < -0.39 is 18.0 Å². The molecule has 0 unspecified atom stereocenters. The van der Waals surface area contributed by atoms with Crippen LogP contribution in [0.3, 0.4) is 0 Å². The van der Waals surface area contributed by atoms with Crippen molar-refractivity contribution in [3.8, 4) is 11.5 Å². The molecule has 1 aromatic heterocycles. The fourth-order valence-corrected chi connectivity index (χ4v) is 3.25. The van der Waals surface area contributed by atoms with Crippen molar-refractivity contribution in [2.45, 2.75) is 25.9 Å². The second-order valence-electron chi connectivity index (χ2n) is 6.84. The number of carbonyl (C=O) groups excluding carboxylic acids is 2. The van der Waals surface area contributed by atoms with Crippen LogP contribution in [0.2, 0.25) is 0 Å². The van der Waals surface area contributed by atoms with E-state index >= 15 is 0 Å². The van der Waals surface area contributed by atoms with Gasteiger partial charge in [-0.05, 0) is 37.1 Å². The lowest BCUT2D eigenvalue weighted by molar-refractivity contribution is -0.153. The molecular weight excluding hydrogens is 372 g/mol. The van der Waals surface area contributed by atoms with Crippen molar-refractivity contribution >= 4 is 28.5 Å². The van der Waals surface area contributed by atoms with E-state index in [1.807, 2.05) is 30.5 Å². The highest BCUT2D eigenvalue weighted by atomic mass is 16.6. The molecule has 3 aromatic rings. The monoisotopic (exact) mass is 394 g/mol. The number of ether oxygens (including phenoxy) is 3. The van der Waals surface area contributed by atoms with E-state index in [-0.39, 0.29) is 6.42 Å². The molecule has 1 aliphatic rings. The Kier molecular flexibility index (Phi) is 5.37. The highest BCUT2D eigenvalue weighted by molar-refractivity contribution is 5.95. The van der Waals surface area contributed by atoms with Gasteiger partial charge in [-0.25, -0.2) is 0 Å². The number of hydrogen-bond donors (Lipinski definition) is 2. The lowest BCUT2D eigenvalue weighted by Crippen LogP contribution is -2.30. The van der Waals surface area contributed by atoms with Gasteiger partial charge >= 0.3 is 5.97 Å². The van der Waals surface area contributed by atoms with Crippen molar-refractivity contribution in [1.29, 1.82) is 0 Å². The highest BCUT2D eigenvalue weighted by Crippen LogP contribution is 2.32. The number of aryl methyl sites for hydroxylation is 1. The summed E-state index contributed by atoms with van der Waals surface area (Å²) in [7, 11) is 0. The normalized spacial score (nSPS) is 13.7. The number of carbonyl (C=O) groups is 2. The van der Waals surface area contributed by atoms with E-state index in [2.05, 4.69) is 10.3 Å². The summed E-state index contributed by atoms with van der Waals surface area (Å²) in [5.74, 6) is 0.408. The standard InChI is InChI=1S/C22H22N2O5/c1-14(22(26)24-16-7-8-19-20(12-16)28-11-10-27-19)29-21(25)9-6-15-13-23-18-5-3-2-4-17(15)18/h2-5,7-8,12-14,23H,6,9-11H2,1H3,(H,24,26)/t14-/m0/s1. The van der Waals surface area contributed by atoms with Gasteiger partial charge < -0.3 is 24.5 Å². The number of nitrogens with one attached hydrogen (secondary N) is 2. The molecule has 7 heteroatoms. The van der Waals surface area contributed by atoms with Crippen LogP contribution < -0.4 is 14.8 Å². The van der Waals surface area contributed by atoms with E-state index in [0.717, 1.165) is 16.5 Å². The zero-order chi connectivity index (χ0) is 20.2. The van der Waals surface area contributed by atoms with E-state index in [1.165, 1.54) is 0 Å². The minimum absolute atomic E-state index is 0.198. The van der Waals surface area contributed by atoms with E-state index in [4.69, 9.17) is 14.2 Å². The Bertz CT molecular complexity index is 1040. The van der Waals surface area contributed by atoms with Gasteiger partial charge in [0.05, 0.1) is 0 Å². The van der Waals surface area contributed by atoms with Crippen molar-refractivity contribution in [3.05, 3.63) is 54.2 Å². The van der Waals surface area contributed by atoms with Crippen LogP contribution in [0.25, 0.3) is 10.9 Å². The first-order valence-corrected chi connectivity index (χ1v) is 9.55. The maximum Gasteiger partial charge on any atom is 0.306 e. The molecule has 2 heterocycles. The van der Waals surface area contributed by atoms with Crippen LogP contribution in [-0.2, 0) is 20.7 Å². The Hall–Kier alpha value is -3.48. The van der Waals surface area contributed by atoms with E-state index in [0.29, 0.717) is 36.8 Å². The summed E-state index contributed by atoms with van der Waals surface area (Å²) in [5.41, 5.74) is 2.63. The topological polar surface area (TPSA) is 89.7 Å². The zero-order valence-corrected chi connectivity index (χ0v) is 16.1. The molecule has 0 spiro atoms. The smallest absolute Gasteiger partial charge is 0.306 e. The SMILES string of the molecule is C[C@H](OC(=O)CCc1c[nH]c2ccccc12)C(=O)Nc1ccc2c(c1)OCCO2. The number of rotatable bonds is 6. The van der Waals surface area contributed by atoms with Crippen LogP contribution in [0.15, 0.2) is 48.7 Å². The summed E-state index contributed by atoms with van der Waals surface area (Å²) >= 11 is 0. The predicted molar refractivity (Wildman–Crippen MR) is 108 cm³/mol. The predicted octanol–water partition coefficient (Wildman–Crippen LogP) is 3.44. The van der Waals surface area contributed by atoms with Gasteiger partial charge in [0.2, 0.25) is 0 Å². The molecule has 1 aliphatic heterocycles. The number of H-pyrrole nitrogens is 1. The molecule has 0 fully saturated rings. The van der Waals surface area contributed by atoms with Gasteiger partial charge in [0.25, 0.3) is 5.91 Å². The Morgan fingerprint density at radius 3 is 2.79 bits per heavy atom. The van der Waals surface area contributed by atoms with Gasteiger partial charge in [0, 0.05) is 35.3 Å². The van der Waals surface area contributed by atoms with Gasteiger partial charge in [0.1, 0.15) is 13.2 Å². The molecule has 2 aromatic carbocycles. The second kappa shape index (κ2) is 8.26. The Labute approximate surface area is 168 Å². The number of aromatic nitrogens is 1. The van der Waals surface area contributed by atoms with Gasteiger partial charge in [-0.1, -0.05) is 18.2 Å². The average molecular weight is 394 g/mol. The Morgan fingerprint density at radius 1 is 1.14 bits per heavy atom. The Balaban J connectivity index is 1.29. The molecular formula is C22H22N2O5. The van der Waals surface area contributed by atoms with E-state index in [9.17, 15) is 9.59 Å². The maximum absolute atomic E-state index is 12.4.